The number of hydrogen-bond acceptors (Lipinski definition) is 7. The third-order valence-electron chi connectivity index (χ3n) is 5.36. The Morgan fingerprint density at radius 2 is 1.72 bits per heavy atom. The predicted molar refractivity (Wildman–Crippen MR) is 126 cm³/mol. The van der Waals surface area contributed by atoms with Crippen molar-refractivity contribution in [1.29, 1.82) is 0 Å². The van der Waals surface area contributed by atoms with Crippen LogP contribution in [0.2, 0.25) is 0 Å². The molecule has 3 rings (SSSR count). The second-order valence-electron chi connectivity index (χ2n) is 8.14. The van der Waals surface area contributed by atoms with Crippen LogP contribution in [-0.4, -0.2) is 29.7 Å². The van der Waals surface area contributed by atoms with Gasteiger partial charge in [0.15, 0.2) is 10.9 Å². The number of para-hydroxylation sites is 1. The molecule has 1 aromatic carbocycles. The van der Waals surface area contributed by atoms with E-state index in [9.17, 15) is 19.2 Å². The van der Waals surface area contributed by atoms with Crippen LogP contribution in [0, 0.1) is 5.92 Å². The molecule has 0 fully saturated rings. The lowest BCUT2D eigenvalue weighted by Crippen LogP contribution is -2.42. The number of Topliss-reactive ketones (excluding diaryl/α,β-unsaturated/α-hetero) is 1. The predicted octanol–water partition coefficient (Wildman–Crippen LogP) is 1.79. The summed E-state index contributed by atoms with van der Waals surface area (Å²) in [6, 6.07) is 7.07. The number of nitrogens with two attached hydrogens (primary N) is 1. The van der Waals surface area contributed by atoms with Crippen molar-refractivity contribution < 1.29 is 4.79 Å². The van der Waals surface area contributed by atoms with Gasteiger partial charge in [0.1, 0.15) is 11.4 Å². The second kappa shape index (κ2) is 9.15. The van der Waals surface area contributed by atoms with E-state index in [1.54, 1.807) is 35.8 Å². The van der Waals surface area contributed by atoms with Gasteiger partial charge in [-0.05, 0) is 31.4 Å². The molecule has 0 saturated carbocycles. The van der Waals surface area contributed by atoms with Gasteiger partial charge >= 0.3 is 5.69 Å². The maximum Gasteiger partial charge on any atom is 0.332 e. The van der Waals surface area contributed by atoms with Crippen molar-refractivity contribution in [3.63, 3.8) is 0 Å². The number of fused-ring (bicyclic) bond motifs is 1. The highest BCUT2D eigenvalue weighted by Crippen LogP contribution is 2.26. The summed E-state index contributed by atoms with van der Waals surface area (Å²) in [7, 11) is 2.70. The van der Waals surface area contributed by atoms with E-state index in [0.29, 0.717) is 28.5 Å². The number of aromatic nitrogens is 4. The van der Waals surface area contributed by atoms with Crippen LogP contribution in [0.25, 0.3) is 10.9 Å². The van der Waals surface area contributed by atoms with Crippen LogP contribution in [0.5, 0.6) is 0 Å². The van der Waals surface area contributed by atoms with Gasteiger partial charge in [-0.3, -0.25) is 28.1 Å². The summed E-state index contributed by atoms with van der Waals surface area (Å²) in [4.78, 5) is 55.6. The first kappa shape index (κ1) is 23.5. The van der Waals surface area contributed by atoms with Crippen LogP contribution in [0.1, 0.15) is 37.6 Å². The molecule has 2 N–H and O–H groups in total. The molecule has 2 heterocycles. The minimum Gasteiger partial charge on any atom is -0.384 e. The molecule has 0 aliphatic heterocycles. The van der Waals surface area contributed by atoms with E-state index in [4.69, 9.17) is 5.73 Å². The highest BCUT2D eigenvalue weighted by molar-refractivity contribution is 8.00. The lowest BCUT2D eigenvalue weighted by Gasteiger charge is -2.17. The second-order valence-corrected chi connectivity index (χ2v) is 9.45. The molecule has 0 bridgehead atoms. The number of nitrogen functional groups attached to an aromatic ring is 1. The van der Waals surface area contributed by atoms with Crippen molar-refractivity contribution in [1.82, 2.24) is 18.7 Å². The average molecular weight is 458 g/mol. The third-order valence-corrected chi connectivity index (χ3v) is 6.45. The SMILES string of the molecule is CC(C)CCn1c(SC(C)C(=O)c2c(N)n(C)c(=O)n(C)c2=O)nc2ccccc2c1=O. The molecule has 10 heteroatoms. The van der Waals surface area contributed by atoms with Gasteiger partial charge < -0.3 is 5.73 Å². The van der Waals surface area contributed by atoms with Crippen LogP contribution in [0.4, 0.5) is 5.82 Å². The summed E-state index contributed by atoms with van der Waals surface area (Å²) in [6.07, 6.45) is 0.768. The number of carbonyl (C=O) groups is 1. The van der Waals surface area contributed by atoms with Gasteiger partial charge in [0.25, 0.3) is 11.1 Å². The van der Waals surface area contributed by atoms with Crippen molar-refractivity contribution >= 4 is 34.3 Å². The summed E-state index contributed by atoms with van der Waals surface area (Å²) in [5.41, 5.74) is 4.72. The number of rotatable bonds is 7. The molecule has 170 valence electrons. The summed E-state index contributed by atoms with van der Waals surface area (Å²) in [5.74, 6) is -0.334. The number of carbonyl (C=O) groups excluding carboxylic acids is 1. The first-order chi connectivity index (χ1) is 15.0. The Balaban J connectivity index is 2.07. The zero-order chi connectivity index (χ0) is 23.7. The number of benzene rings is 1. The Morgan fingerprint density at radius 3 is 2.38 bits per heavy atom. The number of nitrogens with zero attached hydrogens (tertiary/aromatic N) is 4. The minimum atomic E-state index is -0.763. The van der Waals surface area contributed by atoms with Crippen molar-refractivity contribution in [3.8, 4) is 0 Å². The normalized spacial score (nSPS) is 12.4. The molecule has 32 heavy (non-hydrogen) atoms. The number of ketones is 1. The maximum atomic E-state index is 13.2. The lowest BCUT2D eigenvalue weighted by molar-refractivity contribution is 0.0992. The summed E-state index contributed by atoms with van der Waals surface area (Å²) < 4.78 is 3.51. The van der Waals surface area contributed by atoms with Gasteiger partial charge in [-0.15, -0.1) is 0 Å². The third kappa shape index (κ3) is 4.27. The van der Waals surface area contributed by atoms with Crippen molar-refractivity contribution in [3.05, 3.63) is 61.0 Å². The first-order valence-corrected chi connectivity index (χ1v) is 11.2. The fourth-order valence-electron chi connectivity index (χ4n) is 3.33. The summed E-state index contributed by atoms with van der Waals surface area (Å²) in [5, 5.41) is 0.145. The number of thioether (sulfide) groups is 1. The highest BCUT2D eigenvalue weighted by Gasteiger charge is 2.27. The lowest BCUT2D eigenvalue weighted by atomic mass is 10.1. The van der Waals surface area contributed by atoms with Gasteiger partial charge in [-0.2, -0.15) is 0 Å². The van der Waals surface area contributed by atoms with Crippen molar-refractivity contribution in [2.75, 3.05) is 5.73 Å². The topological polar surface area (TPSA) is 122 Å². The molecule has 0 saturated heterocycles. The van der Waals surface area contributed by atoms with Crippen LogP contribution in [0.15, 0.2) is 43.8 Å². The molecule has 3 aromatic rings. The number of hydrogen-bond donors (Lipinski definition) is 1. The summed E-state index contributed by atoms with van der Waals surface area (Å²) in [6.45, 7) is 6.22. The number of anilines is 1. The highest BCUT2D eigenvalue weighted by atomic mass is 32.2. The largest absolute Gasteiger partial charge is 0.384 e. The first-order valence-electron chi connectivity index (χ1n) is 10.3. The molecule has 2 aromatic heterocycles. The van der Waals surface area contributed by atoms with E-state index in [-0.39, 0.29) is 16.9 Å². The smallest absolute Gasteiger partial charge is 0.332 e. The Bertz CT molecular complexity index is 1370. The molecular weight excluding hydrogens is 430 g/mol. The van der Waals surface area contributed by atoms with Gasteiger partial charge in [-0.25, -0.2) is 9.78 Å². The Kier molecular flexibility index (Phi) is 6.73. The Morgan fingerprint density at radius 1 is 1.06 bits per heavy atom. The molecule has 9 nitrogen and oxygen atoms in total. The van der Waals surface area contributed by atoms with Crippen LogP contribution >= 0.6 is 11.8 Å². The molecule has 1 atom stereocenters. The van der Waals surface area contributed by atoms with E-state index in [1.165, 1.54) is 14.1 Å². The van der Waals surface area contributed by atoms with E-state index >= 15 is 0 Å². The fourth-order valence-corrected chi connectivity index (χ4v) is 4.32. The van der Waals surface area contributed by atoms with Crippen molar-refractivity contribution in [2.45, 2.75) is 44.1 Å². The average Bonchev–Trinajstić information content (AvgIpc) is 2.76. The fraction of sp³-hybridized carbons (Fsp3) is 0.409. The van der Waals surface area contributed by atoms with Gasteiger partial charge in [0.2, 0.25) is 0 Å². The molecular formula is C22H27N5O4S. The maximum absolute atomic E-state index is 13.2. The molecule has 0 radical (unpaired) electrons. The molecule has 1 unspecified atom stereocenters. The molecule has 0 aliphatic rings. The zero-order valence-electron chi connectivity index (χ0n) is 18.8. The van der Waals surface area contributed by atoms with Crippen molar-refractivity contribution in [2.24, 2.45) is 20.0 Å². The minimum absolute atomic E-state index is 0.170. The van der Waals surface area contributed by atoms with Crippen LogP contribution in [0.3, 0.4) is 0 Å². The Hall–Kier alpha value is -3.14. The molecule has 0 aliphatic carbocycles. The monoisotopic (exact) mass is 457 g/mol. The van der Waals surface area contributed by atoms with E-state index in [2.05, 4.69) is 18.8 Å². The quantitative estimate of drug-likeness (QED) is 0.326. The van der Waals surface area contributed by atoms with E-state index < -0.39 is 22.3 Å². The molecule has 0 spiro atoms. The Labute approximate surface area is 188 Å². The van der Waals surface area contributed by atoms with Gasteiger partial charge in [0, 0.05) is 20.6 Å². The van der Waals surface area contributed by atoms with E-state index in [0.717, 1.165) is 27.3 Å². The summed E-state index contributed by atoms with van der Waals surface area (Å²) >= 11 is 1.10. The van der Waals surface area contributed by atoms with Crippen LogP contribution in [-0.2, 0) is 20.6 Å². The van der Waals surface area contributed by atoms with E-state index in [1.807, 2.05) is 0 Å². The zero-order valence-corrected chi connectivity index (χ0v) is 19.6. The molecule has 0 amide bonds. The van der Waals surface area contributed by atoms with Gasteiger partial charge in [-0.1, -0.05) is 37.7 Å². The van der Waals surface area contributed by atoms with Gasteiger partial charge in [0.05, 0.1) is 16.2 Å². The van der Waals surface area contributed by atoms with Crippen LogP contribution < -0.4 is 22.5 Å². The standard InChI is InChI=1S/C22H27N5O4S/c1-12(2)10-11-27-19(29)14-8-6-7-9-15(14)24-21(27)32-13(3)17(28)16-18(23)25(4)22(31)26(5)20(16)30/h6-9,12-13H,10-11,23H2,1-5H3.